The molecule has 0 aromatic rings. The van der Waals surface area contributed by atoms with E-state index in [4.69, 9.17) is 10.5 Å². The summed E-state index contributed by atoms with van der Waals surface area (Å²) in [6.07, 6.45) is 3.32. The maximum absolute atomic E-state index is 11.9. The lowest BCUT2D eigenvalue weighted by molar-refractivity contribution is -0.125. The molecule has 4 atom stereocenters. The van der Waals surface area contributed by atoms with Gasteiger partial charge in [0.15, 0.2) is 0 Å². The summed E-state index contributed by atoms with van der Waals surface area (Å²) in [5.41, 5.74) is 5.79. The zero-order chi connectivity index (χ0) is 12.3. The van der Waals surface area contributed by atoms with Crippen molar-refractivity contribution in [3.63, 3.8) is 0 Å². The van der Waals surface area contributed by atoms with E-state index in [0.29, 0.717) is 31.6 Å². The molecule has 4 unspecified atom stereocenters. The molecule has 0 aromatic heterocycles. The van der Waals surface area contributed by atoms with Gasteiger partial charge >= 0.3 is 0 Å². The maximum Gasteiger partial charge on any atom is 0.227 e. The van der Waals surface area contributed by atoms with Crippen LogP contribution >= 0.6 is 0 Å². The first kappa shape index (κ1) is 12.8. The Labute approximate surface area is 102 Å². The van der Waals surface area contributed by atoms with Gasteiger partial charge in [0.2, 0.25) is 5.91 Å². The summed E-state index contributed by atoms with van der Waals surface area (Å²) in [6, 6.07) is -0.174. The van der Waals surface area contributed by atoms with Gasteiger partial charge < -0.3 is 20.9 Å². The van der Waals surface area contributed by atoms with Gasteiger partial charge in [-0.25, -0.2) is 0 Å². The highest BCUT2D eigenvalue weighted by atomic mass is 16.5. The molecule has 4 N–H and O–H groups in total. The lowest BCUT2D eigenvalue weighted by Crippen LogP contribution is -2.43. The van der Waals surface area contributed by atoms with Crippen LogP contribution in [0.5, 0.6) is 0 Å². The topological polar surface area (TPSA) is 84.6 Å². The average molecular weight is 242 g/mol. The molecule has 5 nitrogen and oxygen atoms in total. The molecule has 17 heavy (non-hydrogen) atoms. The number of nitrogens with one attached hydrogen (secondary N) is 1. The molecule has 2 aliphatic rings. The molecular weight excluding hydrogens is 220 g/mol. The van der Waals surface area contributed by atoms with Crippen LogP contribution < -0.4 is 11.1 Å². The van der Waals surface area contributed by atoms with Gasteiger partial charge in [0.05, 0.1) is 19.1 Å². The minimum Gasteiger partial charge on any atom is -0.396 e. The number of hydrogen-bond acceptors (Lipinski definition) is 4. The standard InChI is InChI=1S/C12H22N2O3/c13-11-7-17-6-10(11)12(16)14-4-8-2-1-3-9(8)5-15/h8-11,15H,1-7,13H2,(H,14,16). The van der Waals surface area contributed by atoms with Crippen LogP contribution in [-0.4, -0.2) is 43.4 Å². The Bertz CT molecular complexity index is 272. The van der Waals surface area contributed by atoms with Crippen molar-refractivity contribution < 1.29 is 14.6 Å². The van der Waals surface area contributed by atoms with Gasteiger partial charge in [-0.3, -0.25) is 4.79 Å². The second-order valence-corrected chi connectivity index (χ2v) is 5.19. The van der Waals surface area contributed by atoms with Crippen molar-refractivity contribution in [3.05, 3.63) is 0 Å². The van der Waals surface area contributed by atoms with Crippen LogP contribution in [-0.2, 0) is 9.53 Å². The predicted molar refractivity (Wildman–Crippen MR) is 63.2 cm³/mol. The highest BCUT2D eigenvalue weighted by Crippen LogP contribution is 2.30. The monoisotopic (exact) mass is 242 g/mol. The van der Waals surface area contributed by atoms with Crippen LogP contribution in [0.2, 0.25) is 0 Å². The Morgan fingerprint density at radius 2 is 2.12 bits per heavy atom. The summed E-state index contributed by atoms with van der Waals surface area (Å²) in [6.45, 7) is 1.79. The normalized spacial score (nSPS) is 37.3. The Morgan fingerprint density at radius 3 is 2.76 bits per heavy atom. The largest absolute Gasteiger partial charge is 0.396 e. The summed E-state index contributed by atoms with van der Waals surface area (Å²) in [4.78, 5) is 11.9. The number of aliphatic hydroxyl groups excluding tert-OH is 1. The molecule has 0 radical (unpaired) electrons. The first-order valence-electron chi connectivity index (χ1n) is 6.44. The highest BCUT2D eigenvalue weighted by molar-refractivity contribution is 5.79. The van der Waals surface area contributed by atoms with E-state index >= 15 is 0 Å². The van der Waals surface area contributed by atoms with Crippen molar-refractivity contribution in [1.29, 1.82) is 0 Å². The van der Waals surface area contributed by atoms with Gasteiger partial charge in [0.25, 0.3) is 0 Å². The molecule has 0 aromatic carbocycles. The molecule has 0 bridgehead atoms. The molecule has 1 saturated carbocycles. The number of amides is 1. The van der Waals surface area contributed by atoms with E-state index < -0.39 is 0 Å². The van der Waals surface area contributed by atoms with Gasteiger partial charge in [-0.1, -0.05) is 6.42 Å². The number of ether oxygens (including phenoxy) is 1. The van der Waals surface area contributed by atoms with E-state index in [9.17, 15) is 9.90 Å². The molecule has 1 saturated heterocycles. The first-order valence-corrected chi connectivity index (χ1v) is 6.44. The number of nitrogens with two attached hydrogens (primary N) is 1. The summed E-state index contributed by atoms with van der Waals surface area (Å²) in [5.74, 6) is 0.564. The summed E-state index contributed by atoms with van der Waals surface area (Å²) in [5, 5.41) is 12.2. The predicted octanol–water partition coefficient (Wildman–Crippen LogP) is -0.515. The Morgan fingerprint density at radius 1 is 1.35 bits per heavy atom. The lowest BCUT2D eigenvalue weighted by Gasteiger charge is -2.20. The third-order valence-corrected chi connectivity index (χ3v) is 4.05. The van der Waals surface area contributed by atoms with Crippen molar-refractivity contribution in [1.82, 2.24) is 5.32 Å². The van der Waals surface area contributed by atoms with E-state index in [2.05, 4.69) is 5.32 Å². The Hall–Kier alpha value is -0.650. The van der Waals surface area contributed by atoms with Crippen LogP contribution in [0, 0.1) is 17.8 Å². The van der Waals surface area contributed by atoms with Gasteiger partial charge in [-0.2, -0.15) is 0 Å². The fourth-order valence-electron chi connectivity index (χ4n) is 2.83. The van der Waals surface area contributed by atoms with Gasteiger partial charge in [0, 0.05) is 19.2 Å². The molecular formula is C12H22N2O3. The third kappa shape index (κ3) is 2.97. The Kier molecular flexibility index (Phi) is 4.36. The van der Waals surface area contributed by atoms with Crippen molar-refractivity contribution in [2.75, 3.05) is 26.4 Å². The zero-order valence-electron chi connectivity index (χ0n) is 10.1. The molecule has 1 aliphatic carbocycles. The second-order valence-electron chi connectivity index (χ2n) is 5.19. The molecule has 0 spiro atoms. The fourth-order valence-corrected chi connectivity index (χ4v) is 2.83. The van der Waals surface area contributed by atoms with Crippen molar-refractivity contribution in [3.8, 4) is 0 Å². The summed E-state index contributed by atoms with van der Waals surface area (Å²) < 4.78 is 5.18. The van der Waals surface area contributed by atoms with Crippen molar-refractivity contribution >= 4 is 5.91 Å². The molecule has 2 fully saturated rings. The second kappa shape index (κ2) is 5.80. The van der Waals surface area contributed by atoms with Crippen LogP contribution in [0.1, 0.15) is 19.3 Å². The third-order valence-electron chi connectivity index (χ3n) is 4.05. The number of hydrogen-bond donors (Lipinski definition) is 3. The number of carbonyl (C=O) groups excluding carboxylic acids is 1. The fraction of sp³-hybridized carbons (Fsp3) is 0.917. The molecule has 1 aliphatic heterocycles. The maximum atomic E-state index is 11.9. The van der Waals surface area contributed by atoms with Crippen LogP contribution in [0.15, 0.2) is 0 Å². The minimum atomic E-state index is -0.205. The quantitative estimate of drug-likeness (QED) is 0.619. The zero-order valence-corrected chi connectivity index (χ0v) is 10.1. The summed E-state index contributed by atoms with van der Waals surface area (Å²) in [7, 11) is 0. The number of carbonyl (C=O) groups is 1. The summed E-state index contributed by atoms with van der Waals surface area (Å²) >= 11 is 0. The Balaban J connectivity index is 1.76. The van der Waals surface area contributed by atoms with E-state index in [1.54, 1.807) is 0 Å². The van der Waals surface area contributed by atoms with Crippen molar-refractivity contribution in [2.45, 2.75) is 25.3 Å². The van der Waals surface area contributed by atoms with Crippen molar-refractivity contribution in [2.24, 2.45) is 23.5 Å². The van der Waals surface area contributed by atoms with E-state index in [1.165, 1.54) is 0 Å². The van der Waals surface area contributed by atoms with Crippen LogP contribution in [0.3, 0.4) is 0 Å². The number of rotatable bonds is 4. The van der Waals surface area contributed by atoms with E-state index in [-0.39, 0.29) is 24.5 Å². The molecule has 1 amide bonds. The highest BCUT2D eigenvalue weighted by Gasteiger charge is 2.32. The molecule has 5 heteroatoms. The van der Waals surface area contributed by atoms with Gasteiger partial charge in [0.1, 0.15) is 0 Å². The first-order chi connectivity index (χ1) is 8.22. The van der Waals surface area contributed by atoms with E-state index in [0.717, 1.165) is 19.3 Å². The molecule has 1 heterocycles. The van der Waals surface area contributed by atoms with Gasteiger partial charge in [-0.05, 0) is 24.7 Å². The number of aliphatic hydroxyl groups is 1. The van der Waals surface area contributed by atoms with Crippen LogP contribution in [0.25, 0.3) is 0 Å². The average Bonchev–Trinajstić information content (AvgIpc) is 2.94. The van der Waals surface area contributed by atoms with E-state index in [1.807, 2.05) is 0 Å². The molecule has 2 rings (SSSR count). The van der Waals surface area contributed by atoms with Gasteiger partial charge in [-0.15, -0.1) is 0 Å². The smallest absolute Gasteiger partial charge is 0.227 e. The lowest BCUT2D eigenvalue weighted by atomic mass is 9.96. The molecule has 98 valence electrons. The van der Waals surface area contributed by atoms with Crippen LogP contribution in [0.4, 0.5) is 0 Å². The SMILES string of the molecule is NC1COCC1C(=O)NCC1CCCC1CO. The minimum absolute atomic E-state index is 0.00131.